The van der Waals surface area contributed by atoms with Gasteiger partial charge in [0.2, 0.25) is 0 Å². The molecule has 1 saturated heterocycles. The van der Waals surface area contributed by atoms with Gasteiger partial charge >= 0.3 is 0 Å². The molecule has 4 heterocycles. The minimum absolute atomic E-state index is 0.0234. The van der Waals surface area contributed by atoms with E-state index in [4.69, 9.17) is 0 Å². The van der Waals surface area contributed by atoms with Crippen molar-refractivity contribution in [3.63, 3.8) is 0 Å². The van der Waals surface area contributed by atoms with E-state index in [9.17, 15) is 4.79 Å². The molecule has 0 radical (unpaired) electrons. The number of carbonyl (C=O) groups excluding carboxylic acids is 1. The molecular formula is C20H25N7OS. The third kappa shape index (κ3) is 3.95. The lowest BCUT2D eigenvalue weighted by Gasteiger charge is -2.35. The summed E-state index contributed by atoms with van der Waals surface area (Å²) in [4.78, 5) is 29.3. The summed E-state index contributed by atoms with van der Waals surface area (Å²) in [6.07, 6.45) is 0. The predicted octanol–water partition coefficient (Wildman–Crippen LogP) is 2.28. The SMILES string of the molecule is Cc1nc(N(C)C)cc(N2CCN(C(=O)c3cc(-c4cccs4)nn3C)CC2)n1. The Balaban J connectivity index is 1.46. The Bertz CT molecular complexity index is 1000. The third-order valence-corrected chi connectivity index (χ3v) is 5.92. The highest BCUT2D eigenvalue weighted by Crippen LogP contribution is 2.25. The van der Waals surface area contributed by atoms with Gasteiger partial charge in [0.05, 0.1) is 4.88 Å². The quantitative estimate of drug-likeness (QED) is 0.656. The Kier molecular flexibility index (Phi) is 5.23. The Morgan fingerprint density at radius 2 is 1.90 bits per heavy atom. The number of thiophene rings is 1. The highest BCUT2D eigenvalue weighted by Gasteiger charge is 2.26. The van der Waals surface area contributed by atoms with Crippen molar-refractivity contribution >= 4 is 28.9 Å². The van der Waals surface area contributed by atoms with Crippen molar-refractivity contribution in [2.24, 2.45) is 7.05 Å². The van der Waals surface area contributed by atoms with Crippen LogP contribution in [0.2, 0.25) is 0 Å². The number of carbonyl (C=O) groups is 1. The molecule has 0 N–H and O–H groups in total. The second-order valence-corrected chi connectivity index (χ2v) is 8.27. The fourth-order valence-electron chi connectivity index (χ4n) is 3.44. The maximum atomic E-state index is 13.1. The van der Waals surface area contributed by atoms with Crippen molar-refractivity contribution in [2.75, 3.05) is 50.1 Å². The second kappa shape index (κ2) is 7.82. The van der Waals surface area contributed by atoms with E-state index in [2.05, 4.69) is 20.0 Å². The van der Waals surface area contributed by atoms with Crippen LogP contribution in [0.15, 0.2) is 29.6 Å². The average molecular weight is 412 g/mol. The topological polar surface area (TPSA) is 70.4 Å². The predicted molar refractivity (Wildman–Crippen MR) is 116 cm³/mol. The minimum atomic E-state index is 0.0234. The zero-order valence-corrected chi connectivity index (χ0v) is 18.0. The summed E-state index contributed by atoms with van der Waals surface area (Å²) in [6.45, 7) is 4.69. The zero-order valence-electron chi connectivity index (χ0n) is 17.2. The van der Waals surface area contributed by atoms with Crippen LogP contribution in [-0.4, -0.2) is 70.8 Å². The summed E-state index contributed by atoms with van der Waals surface area (Å²) in [6, 6.07) is 7.90. The largest absolute Gasteiger partial charge is 0.363 e. The van der Waals surface area contributed by atoms with Gasteiger partial charge in [0.15, 0.2) is 0 Å². The molecule has 0 bridgehead atoms. The molecule has 3 aromatic rings. The van der Waals surface area contributed by atoms with E-state index in [-0.39, 0.29) is 5.91 Å². The van der Waals surface area contributed by atoms with Gasteiger partial charge in [-0.1, -0.05) is 6.07 Å². The van der Waals surface area contributed by atoms with E-state index < -0.39 is 0 Å². The first-order valence-corrected chi connectivity index (χ1v) is 10.5. The maximum absolute atomic E-state index is 13.1. The Labute approximate surface area is 174 Å². The number of amides is 1. The second-order valence-electron chi connectivity index (χ2n) is 7.32. The van der Waals surface area contributed by atoms with Crippen LogP contribution in [-0.2, 0) is 7.05 Å². The lowest BCUT2D eigenvalue weighted by molar-refractivity contribution is 0.0735. The number of hydrogen-bond acceptors (Lipinski definition) is 7. The number of hydrogen-bond donors (Lipinski definition) is 0. The van der Waals surface area contributed by atoms with E-state index in [0.29, 0.717) is 18.8 Å². The van der Waals surface area contributed by atoms with Crippen molar-refractivity contribution in [1.29, 1.82) is 0 Å². The lowest BCUT2D eigenvalue weighted by Crippen LogP contribution is -2.49. The van der Waals surface area contributed by atoms with E-state index in [1.807, 2.05) is 67.5 Å². The van der Waals surface area contributed by atoms with Crippen molar-refractivity contribution in [2.45, 2.75) is 6.92 Å². The molecule has 1 aliphatic heterocycles. The van der Waals surface area contributed by atoms with Crippen LogP contribution < -0.4 is 9.80 Å². The van der Waals surface area contributed by atoms with Crippen LogP contribution in [0.25, 0.3) is 10.6 Å². The van der Waals surface area contributed by atoms with Gasteiger partial charge < -0.3 is 14.7 Å². The Hall–Kier alpha value is -2.94. The van der Waals surface area contributed by atoms with Crippen molar-refractivity contribution in [1.82, 2.24) is 24.6 Å². The lowest BCUT2D eigenvalue weighted by atomic mass is 10.2. The summed E-state index contributed by atoms with van der Waals surface area (Å²) < 4.78 is 1.68. The molecule has 9 heteroatoms. The van der Waals surface area contributed by atoms with Gasteiger partial charge in [-0.15, -0.1) is 11.3 Å². The molecule has 0 aromatic carbocycles. The molecule has 3 aromatic heterocycles. The molecule has 1 aliphatic rings. The molecular weight excluding hydrogens is 386 g/mol. The van der Waals surface area contributed by atoms with Gasteiger partial charge in [-0.2, -0.15) is 5.10 Å². The maximum Gasteiger partial charge on any atom is 0.272 e. The molecule has 0 spiro atoms. The minimum Gasteiger partial charge on any atom is -0.363 e. The average Bonchev–Trinajstić information content (AvgIpc) is 3.37. The summed E-state index contributed by atoms with van der Waals surface area (Å²) in [7, 11) is 5.77. The fraction of sp³-hybridized carbons (Fsp3) is 0.400. The monoisotopic (exact) mass is 411 g/mol. The smallest absolute Gasteiger partial charge is 0.272 e. The van der Waals surface area contributed by atoms with E-state index in [1.165, 1.54) is 0 Å². The van der Waals surface area contributed by atoms with Crippen LogP contribution in [0.3, 0.4) is 0 Å². The van der Waals surface area contributed by atoms with Crippen molar-refractivity contribution in [3.05, 3.63) is 41.2 Å². The summed E-state index contributed by atoms with van der Waals surface area (Å²) in [5, 5.41) is 6.53. The van der Waals surface area contributed by atoms with Gasteiger partial charge in [-0.3, -0.25) is 9.48 Å². The van der Waals surface area contributed by atoms with Gasteiger partial charge in [0.25, 0.3) is 5.91 Å². The van der Waals surface area contributed by atoms with E-state index in [1.54, 1.807) is 16.0 Å². The zero-order chi connectivity index (χ0) is 20.5. The summed E-state index contributed by atoms with van der Waals surface area (Å²) in [5.74, 6) is 2.58. The number of aryl methyl sites for hydroxylation is 2. The number of piperazine rings is 1. The summed E-state index contributed by atoms with van der Waals surface area (Å²) >= 11 is 1.62. The molecule has 0 unspecified atom stereocenters. The van der Waals surface area contributed by atoms with Gasteiger partial charge in [-0.25, -0.2) is 9.97 Å². The highest BCUT2D eigenvalue weighted by atomic mass is 32.1. The molecule has 0 atom stereocenters. The molecule has 1 amide bonds. The van der Waals surface area contributed by atoms with Crippen molar-refractivity contribution in [3.8, 4) is 10.6 Å². The van der Waals surface area contributed by atoms with E-state index in [0.717, 1.165) is 41.1 Å². The molecule has 0 saturated carbocycles. The normalized spacial score (nSPS) is 14.3. The summed E-state index contributed by atoms with van der Waals surface area (Å²) in [5.41, 5.74) is 1.46. The first-order valence-electron chi connectivity index (χ1n) is 9.57. The molecule has 0 aliphatic carbocycles. The van der Waals surface area contributed by atoms with Crippen molar-refractivity contribution < 1.29 is 4.79 Å². The third-order valence-electron chi connectivity index (χ3n) is 5.03. The van der Waals surface area contributed by atoms with Crippen LogP contribution in [0, 0.1) is 6.92 Å². The number of nitrogens with zero attached hydrogens (tertiary/aromatic N) is 7. The van der Waals surface area contributed by atoms with Gasteiger partial charge in [-0.05, 0) is 24.4 Å². The molecule has 1 fully saturated rings. The molecule has 152 valence electrons. The Morgan fingerprint density at radius 1 is 1.14 bits per heavy atom. The van der Waals surface area contributed by atoms with Crippen LogP contribution in [0.1, 0.15) is 16.3 Å². The fourth-order valence-corrected chi connectivity index (χ4v) is 4.12. The highest BCUT2D eigenvalue weighted by molar-refractivity contribution is 7.13. The van der Waals surface area contributed by atoms with Gasteiger partial charge in [0.1, 0.15) is 28.8 Å². The molecule has 8 nitrogen and oxygen atoms in total. The number of rotatable bonds is 4. The number of anilines is 2. The molecule has 4 rings (SSSR count). The Morgan fingerprint density at radius 3 is 2.55 bits per heavy atom. The molecule has 29 heavy (non-hydrogen) atoms. The first-order chi connectivity index (χ1) is 13.9. The van der Waals surface area contributed by atoms with E-state index >= 15 is 0 Å². The van der Waals surface area contributed by atoms with Crippen LogP contribution in [0.5, 0.6) is 0 Å². The first kappa shape index (κ1) is 19.4. The number of aromatic nitrogens is 4. The standard InChI is InChI=1S/C20H25N7OS/c1-14-21-18(24(2)3)13-19(22-14)26-7-9-27(10-8-26)20(28)16-12-15(23-25(16)4)17-6-5-11-29-17/h5-6,11-13H,7-10H2,1-4H3. The van der Waals surface area contributed by atoms with Crippen LogP contribution in [0.4, 0.5) is 11.6 Å². The van der Waals surface area contributed by atoms with Crippen LogP contribution >= 0.6 is 11.3 Å². The van der Waals surface area contributed by atoms with Gasteiger partial charge in [0, 0.05) is 53.4 Å².